The molecule has 0 radical (unpaired) electrons. The summed E-state index contributed by atoms with van der Waals surface area (Å²) in [6.45, 7) is 15.5. The molecule has 0 spiro atoms. The third-order valence-electron chi connectivity index (χ3n) is 6.70. The quantitative estimate of drug-likeness (QED) is 0.632. The Bertz CT molecular complexity index is 773. The Labute approximate surface area is 177 Å². The van der Waals surface area contributed by atoms with Crippen molar-refractivity contribution >= 4 is 14.1 Å². The molecule has 0 unspecified atom stereocenters. The molecule has 1 aliphatic heterocycles. The maximum Gasteiger partial charge on any atom is 0.192 e. The molecule has 158 valence electrons. The van der Waals surface area contributed by atoms with Crippen LogP contribution in [0.4, 0.5) is 5.82 Å². The van der Waals surface area contributed by atoms with Gasteiger partial charge in [-0.1, -0.05) is 51.1 Å². The minimum Gasteiger partial charge on any atom is -0.413 e. The normalized spacial score (nSPS) is 16.9. The highest BCUT2D eigenvalue weighted by Gasteiger charge is 2.37. The molecule has 2 heterocycles. The number of piperidine rings is 1. The van der Waals surface area contributed by atoms with Crippen LogP contribution >= 0.6 is 0 Å². The third kappa shape index (κ3) is 5.90. The minimum absolute atomic E-state index is 0.251. The van der Waals surface area contributed by atoms with Crippen LogP contribution in [0.2, 0.25) is 18.1 Å². The fourth-order valence-corrected chi connectivity index (χ4v) is 4.52. The van der Waals surface area contributed by atoms with Gasteiger partial charge in [-0.3, -0.25) is 4.90 Å². The Hall–Kier alpha value is -1.69. The van der Waals surface area contributed by atoms with E-state index in [-0.39, 0.29) is 5.04 Å². The number of nitrogens with zero attached hydrogens (tertiary/aromatic N) is 2. The second-order valence-electron chi connectivity index (χ2n) is 9.93. The molecule has 2 N–H and O–H groups in total. The predicted octanol–water partition coefficient (Wildman–Crippen LogP) is 5.57. The van der Waals surface area contributed by atoms with E-state index in [1.165, 1.54) is 29.5 Å². The summed E-state index contributed by atoms with van der Waals surface area (Å²) in [7, 11) is -1.69. The molecule has 3 rings (SSSR count). The molecular formula is C24H37N3OSi. The van der Waals surface area contributed by atoms with Gasteiger partial charge in [0, 0.05) is 12.7 Å². The molecule has 0 bridgehead atoms. The molecular weight excluding hydrogens is 374 g/mol. The molecule has 4 nitrogen and oxygen atoms in total. The Morgan fingerprint density at radius 2 is 1.66 bits per heavy atom. The van der Waals surface area contributed by atoms with Crippen LogP contribution in [0.1, 0.15) is 56.2 Å². The lowest BCUT2D eigenvalue weighted by Crippen LogP contribution is -2.40. The van der Waals surface area contributed by atoms with E-state index in [1.807, 2.05) is 12.3 Å². The molecule has 0 amide bonds. The van der Waals surface area contributed by atoms with Crippen molar-refractivity contribution in [3.63, 3.8) is 0 Å². The van der Waals surface area contributed by atoms with E-state index in [9.17, 15) is 0 Å². The van der Waals surface area contributed by atoms with Crippen LogP contribution in [-0.4, -0.2) is 31.3 Å². The highest BCUT2D eigenvalue weighted by molar-refractivity contribution is 6.74. The van der Waals surface area contributed by atoms with Gasteiger partial charge in [-0.25, -0.2) is 4.98 Å². The van der Waals surface area contributed by atoms with Crippen LogP contribution in [0.15, 0.2) is 42.6 Å². The second-order valence-corrected chi connectivity index (χ2v) is 14.7. The van der Waals surface area contributed by atoms with Gasteiger partial charge < -0.3 is 10.2 Å². The van der Waals surface area contributed by atoms with Gasteiger partial charge in [-0.15, -0.1) is 0 Å². The van der Waals surface area contributed by atoms with Crippen molar-refractivity contribution in [3.8, 4) is 0 Å². The standard InChI is InChI=1S/C24H37N3OSi/c1-24(2,3)29(4,5)28-18-20-8-6-19(7-9-20)17-27-14-12-21(13-15-27)22-10-11-23(25)26-16-22/h6-11,16,21H,12-15,17-18H2,1-5H3,(H2,25,26). The fraction of sp³-hybridized carbons (Fsp3) is 0.542. The van der Waals surface area contributed by atoms with Crippen molar-refractivity contribution in [1.29, 1.82) is 0 Å². The molecule has 1 aromatic heterocycles. The van der Waals surface area contributed by atoms with E-state index >= 15 is 0 Å². The summed E-state index contributed by atoms with van der Waals surface area (Å²) in [6.07, 6.45) is 4.31. The first-order chi connectivity index (χ1) is 13.6. The number of anilines is 1. The largest absolute Gasteiger partial charge is 0.413 e. The first-order valence-corrected chi connectivity index (χ1v) is 13.7. The van der Waals surface area contributed by atoms with Gasteiger partial charge >= 0.3 is 0 Å². The van der Waals surface area contributed by atoms with Gasteiger partial charge in [-0.2, -0.15) is 0 Å². The topological polar surface area (TPSA) is 51.4 Å². The number of aromatic nitrogens is 1. The molecule has 1 aromatic carbocycles. The highest BCUT2D eigenvalue weighted by Crippen LogP contribution is 2.37. The second kappa shape index (κ2) is 8.98. The number of likely N-dealkylation sites (tertiary alicyclic amines) is 1. The molecule has 1 aliphatic rings. The highest BCUT2D eigenvalue weighted by atomic mass is 28.4. The monoisotopic (exact) mass is 411 g/mol. The van der Waals surface area contributed by atoms with Gasteiger partial charge in [0.1, 0.15) is 5.82 Å². The maximum absolute atomic E-state index is 6.35. The van der Waals surface area contributed by atoms with Crippen molar-refractivity contribution in [2.45, 2.75) is 70.8 Å². The molecule has 5 heteroatoms. The summed E-state index contributed by atoms with van der Waals surface area (Å²) in [5, 5.41) is 0.251. The minimum atomic E-state index is -1.69. The van der Waals surface area contributed by atoms with E-state index in [1.54, 1.807) is 0 Å². The number of rotatable bonds is 6. The first-order valence-electron chi connectivity index (χ1n) is 10.8. The van der Waals surface area contributed by atoms with Crippen LogP contribution in [0, 0.1) is 0 Å². The molecule has 1 saturated heterocycles. The number of benzene rings is 1. The van der Waals surface area contributed by atoms with Gasteiger partial charge in [0.05, 0.1) is 6.61 Å². The average Bonchev–Trinajstić information content (AvgIpc) is 2.68. The number of hydrogen-bond acceptors (Lipinski definition) is 4. The number of pyridine rings is 1. The Morgan fingerprint density at radius 1 is 1.03 bits per heavy atom. The van der Waals surface area contributed by atoms with Crippen LogP contribution in [-0.2, 0) is 17.6 Å². The molecule has 0 saturated carbocycles. The van der Waals surface area contributed by atoms with Gasteiger partial charge in [-0.05, 0) is 72.7 Å². The van der Waals surface area contributed by atoms with Crippen molar-refractivity contribution in [1.82, 2.24) is 9.88 Å². The van der Waals surface area contributed by atoms with Crippen molar-refractivity contribution < 1.29 is 4.43 Å². The smallest absolute Gasteiger partial charge is 0.192 e. The predicted molar refractivity (Wildman–Crippen MR) is 124 cm³/mol. The van der Waals surface area contributed by atoms with Gasteiger partial charge in [0.2, 0.25) is 0 Å². The molecule has 29 heavy (non-hydrogen) atoms. The SMILES string of the molecule is CC(C)(C)[Si](C)(C)OCc1ccc(CN2CCC(c3ccc(N)nc3)CC2)cc1. The van der Waals surface area contributed by atoms with E-state index in [2.05, 4.69) is 74.1 Å². The van der Waals surface area contributed by atoms with E-state index < -0.39 is 8.32 Å². The lowest BCUT2D eigenvalue weighted by Gasteiger charge is -2.36. The van der Waals surface area contributed by atoms with Crippen LogP contribution in [0.3, 0.4) is 0 Å². The van der Waals surface area contributed by atoms with E-state index in [0.29, 0.717) is 11.7 Å². The zero-order valence-corrected chi connectivity index (χ0v) is 19.7. The van der Waals surface area contributed by atoms with Crippen molar-refractivity contribution in [2.24, 2.45) is 0 Å². The Morgan fingerprint density at radius 3 is 2.21 bits per heavy atom. The third-order valence-corrected chi connectivity index (χ3v) is 11.2. The fourth-order valence-electron chi connectivity index (χ4n) is 3.56. The van der Waals surface area contributed by atoms with Gasteiger partial charge in [0.25, 0.3) is 0 Å². The zero-order chi connectivity index (χ0) is 21.1. The number of hydrogen-bond donors (Lipinski definition) is 1. The Balaban J connectivity index is 1.47. The summed E-state index contributed by atoms with van der Waals surface area (Å²) in [6, 6.07) is 13.0. The van der Waals surface area contributed by atoms with Crippen LogP contribution < -0.4 is 5.73 Å². The molecule has 1 fully saturated rings. The maximum atomic E-state index is 6.35. The van der Waals surface area contributed by atoms with E-state index in [0.717, 1.165) is 26.2 Å². The molecule has 0 aliphatic carbocycles. The number of nitrogens with two attached hydrogens (primary N) is 1. The lowest BCUT2D eigenvalue weighted by molar-refractivity contribution is 0.204. The summed E-state index contributed by atoms with van der Waals surface area (Å²) in [5.41, 5.74) is 9.69. The van der Waals surface area contributed by atoms with Crippen LogP contribution in [0.5, 0.6) is 0 Å². The molecule has 2 aromatic rings. The van der Waals surface area contributed by atoms with Gasteiger partial charge in [0.15, 0.2) is 8.32 Å². The lowest BCUT2D eigenvalue weighted by atomic mass is 9.90. The summed E-state index contributed by atoms with van der Waals surface area (Å²) < 4.78 is 6.35. The van der Waals surface area contributed by atoms with Crippen molar-refractivity contribution in [2.75, 3.05) is 18.8 Å². The summed E-state index contributed by atoms with van der Waals surface area (Å²) in [4.78, 5) is 6.81. The zero-order valence-electron chi connectivity index (χ0n) is 18.7. The van der Waals surface area contributed by atoms with Crippen molar-refractivity contribution in [3.05, 3.63) is 59.3 Å². The van der Waals surface area contributed by atoms with E-state index in [4.69, 9.17) is 10.2 Å². The molecule has 0 atom stereocenters. The number of nitrogen functional groups attached to an aromatic ring is 1. The van der Waals surface area contributed by atoms with Crippen LogP contribution in [0.25, 0.3) is 0 Å². The Kier molecular flexibility index (Phi) is 6.82. The average molecular weight is 412 g/mol. The summed E-state index contributed by atoms with van der Waals surface area (Å²) in [5.74, 6) is 1.21. The summed E-state index contributed by atoms with van der Waals surface area (Å²) >= 11 is 0. The first kappa shape index (κ1) is 22.0.